The van der Waals surface area contributed by atoms with Crippen LogP contribution in [0.1, 0.15) is 34.3 Å². The molecule has 3 nitrogen and oxygen atoms in total. The predicted octanol–water partition coefficient (Wildman–Crippen LogP) is 5.10. The highest BCUT2D eigenvalue weighted by molar-refractivity contribution is 6.04. The lowest BCUT2D eigenvalue weighted by atomic mass is 10.1. The molecule has 1 aliphatic rings. The van der Waals surface area contributed by atoms with E-state index in [-0.39, 0.29) is 5.91 Å². The molecule has 0 aromatic heterocycles. The second-order valence-corrected chi connectivity index (χ2v) is 7.14. The van der Waals surface area contributed by atoms with Crippen molar-refractivity contribution in [1.29, 1.82) is 0 Å². The molecule has 1 aliphatic carbocycles. The number of rotatable bonds is 7. The maximum Gasteiger partial charge on any atom is 0.255 e. The largest absolute Gasteiger partial charge is 0.322 e. The van der Waals surface area contributed by atoms with Gasteiger partial charge in [0, 0.05) is 30.4 Å². The Balaban J connectivity index is 1.40. The van der Waals surface area contributed by atoms with Crippen molar-refractivity contribution in [1.82, 2.24) is 4.90 Å². The number of hydrogen-bond acceptors (Lipinski definition) is 2. The third-order valence-electron chi connectivity index (χ3n) is 4.93. The fourth-order valence-electron chi connectivity index (χ4n) is 3.29. The number of nitrogens with one attached hydrogen (secondary N) is 1. The molecule has 0 unspecified atom stereocenters. The van der Waals surface area contributed by atoms with Gasteiger partial charge in [-0.3, -0.25) is 9.69 Å². The summed E-state index contributed by atoms with van der Waals surface area (Å²) >= 11 is 0. The first kappa shape index (κ1) is 17.5. The molecule has 1 fully saturated rings. The van der Waals surface area contributed by atoms with Gasteiger partial charge in [-0.25, -0.2) is 0 Å². The molecule has 0 bridgehead atoms. The quantitative estimate of drug-likeness (QED) is 0.638. The van der Waals surface area contributed by atoms with Gasteiger partial charge in [-0.15, -0.1) is 0 Å². The number of amides is 1. The van der Waals surface area contributed by atoms with Gasteiger partial charge in [-0.05, 0) is 48.2 Å². The summed E-state index contributed by atoms with van der Waals surface area (Å²) in [5.74, 6) is -0.0731. The predicted molar refractivity (Wildman–Crippen MR) is 110 cm³/mol. The number of para-hydroxylation sites is 1. The van der Waals surface area contributed by atoms with Crippen LogP contribution in [-0.4, -0.2) is 16.8 Å². The summed E-state index contributed by atoms with van der Waals surface area (Å²) in [5, 5.41) is 2.93. The van der Waals surface area contributed by atoms with Crippen LogP contribution in [0.25, 0.3) is 0 Å². The summed E-state index contributed by atoms with van der Waals surface area (Å²) in [6.45, 7) is 1.89. The molecule has 1 amide bonds. The van der Waals surface area contributed by atoms with Crippen LogP contribution in [-0.2, 0) is 13.1 Å². The third-order valence-corrected chi connectivity index (χ3v) is 4.93. The van der Waals surface area contributed by atoms with Crippen LogP contribution >= 0.6 is 0 Å². The van der Waals surface area contributed by atoms with Crippen LogP contribution in [0, 0.1) is 0 Å². The van der Waals surface area contributed by atoms with Crippen LogP contribution in [0.2, 0.25) is 0 Å². The van der Waals surface area contributed by atoms with Crippen LogP contribution in [0.3, 0.4) is 0 Å². The number of anilines is 1. The fourth-order valence-corrected chi connectivity index (χ4v) is 3.29. The topological polar surface area (TPSA) is 32.3 Å². The number of carbonyl (C=O) groups excluding carboxylic acids is 1. The first-order valence-electron chi connectivity index (χ1n) is 9.51. The van der Waals surface area contributed by atoms with Crippen molar-refractivity contribution >= 4 is 11.6 Å². The second kappa shape index (κ2) is 8.19. The van der Waals surface area contributed by atoms with Crippen LogP contribution in [0.15, 0.2) is 84.9 Å². The second-order valence-electron chi connectivity index (χ2n) is 7.14. The van der Waals surface area contributed by atoms with Crippen molar-refractivity contribution in [3.63, 3.8) is 0 Å². The first-order valence-corrected chi connectivity index (χ1v) is 9.51. The summed E-state index contributed by atoms with van der Waals surface area (Å²) in [5.41, 5.74) is 4.09. The van der Waals surface area contributed by atoms with E-state index in [2.05, 4.69) is 52.7 Å². The number of carbonyl (C=O) groups is 1. The van der Waals surface area contributed by atoms with Gasteiger partial charge in [0.1, 0.15) is 0 Å². The van der Waals surface area contributed by atoms with Crippen molar-refractivity contribution in [2.24, 2.45) is 0 Å². The minimum absolute atomic E-state index is 0.0731. The molecule has 1 saturated carbocycles. The summed E-state index contributed by atoms with van der Waals surface area (Å²) in [6, 6.07) is 28.8. The highest BCUT2D eigenvalue weighted by atomic mass is 16.1. The maximum absolute atomic E-state index is 12.4. The average Bonchev–Trinajstić information content (AvgIpc) is 3.55. The number of nitrogens with zero attached hydrogens (tertiary/aromatic N) is 1. The Labute approximate surface area is 160 Å². The highest BCUT2D eigenvalue weighted by Crippen LogP contribution is 2.29. The van der Waals surface area contributed by atoms with Crippen molar-refractivity contribution in [3.05, 3.63) is 102 Å². The van der Waals surface area contributed by atoms with Gasteiger partial charge < -0.3 is 5.32 Å². The lowest BCUT2D eigenvalue weighted by Gasteiger charge is -2.22. The third kappa shape index (κ3) is 4.83. The van der Waals surface area contributed by atoms with Gasteiger partial charge in [-0.2, -0.15) is 0 Å². The normalized spacial score (nSPS) is 13.5. The minimum Gasteiger partial charge on any atom is -0.322 e. The Morgan fingerprint density at radius 2 is 1.33 bits per heavy atom. The van der Waals surface area contributed by atoms with E-state index in [4.69, 9.17) is 0 Å². The minimum atomic E-state index is -0.0731. The average molecular weight is 356 g/mol. The molecule has 136 valence electrons. The molecular formula is C24H24N2O. The Morgan fingerprint density at radius 1 is 0.778 bits per heavy atom. The molecule has 0 aliphatic heterocycles. The summed E-state index contributed by atoms with van der Waals surface area (Å²) in [4.78, 5) is 14.9. The van der Waals surface area contributed by atoms with Crippen LogP contribution < -0.4 is 5.32 Å². The SMILES string of the molecule is O=C(Nc1ccccc1)c1ccc(CN(Cc2ccccc2)C2CC2)cc1. The molecule has 3 aromatic carbocycles. The van der Waals surface area contributed by atoms with Gasteiger partial charge in [0.15, 0.2) is 0 Å². The van der Waals surface area contributed by atoms with Gasteiger partial charge in [0.2, 0.25) is 0 Å². The van der Waals surface area contributed by atoms with Crippen LogP contribution in [0.4, 0.5) is 5.69 Å². The van der Waals surface area contributed by atoms with Crippen LogP contribution in [0.5, 0.6) is 0 Å². The Hall–Kier alpha value is -2.91. The fraction of sp³-hybridized carbons (Fsp3) is 0.208. The van der Waals surface area contributed by atoms with Gasteiger partial charge in [0.25, 0.3) is 5.91 Å². The maximum atomic E-state index is 12.4. The van der Waals surface area contributed by atoms with Crippen molar-refractivity contribution < 1.29 is 4.79 Å². The Morgan fingerprint density at radius 3 is 1.93 bits per heavy atom. The van der Waals surface area contributed by atoms with Crippen molar-refractivity contribution in [2.75, 3.05) is 5.32 Å². The molecule has 0 saturated heterocycles. The highest BCUT2D eigenvalue weighted by Gasteiger charge is 2.28. The lowest BCUT2D eigenvalue weighted by Crippen LogP contribution is -2.25. The zero-order valence-corrected chi connectivity index (χ0v) is 15.3. The van der Waals surface area contributed by atoms with E-state index >= 15 is 0 Å². The molecule has 0 radical (unpaired) electrons. The van der Waals surface area contributed by atoms with Gasteiger partial charge in [-0.1, -0.05) is 60.7 Å². The van der Waals surface area contributed by atoms with Crippen molar-refractivity contribution in [2.45, 2.75) is 32.0 Å². The number of hydrogen-bond donors (Lipinski definition) is 1. The van der Waals surface area contributed by atoms with E-state index in [9.17, 15) is 4.79 Å². The van der Waals surface area contributed by atoms with E-state index in [0.717, 1.165) is 18.8 Å². The molecule has 0 atom stereocenters. The Kier molecular flexibility index (Phi) is 5.31. The Bertz CT molecular complexity index is 871. The van der Waals surface area contributed by atoms with Gasteiger partial charge >= 0.3 is 0 Å². The molecule has 3 heteroatoms. The number of benzene rings is 3. The van der Waals surface area contributed by atoms with E-state index < -0.39 is 0 Å². The smallest absolute Gasteiger partial charge is 0.255 e. The molecule has 27 heavy (non-hydrogen) atoms. The van der Waals surface area contributed by atoms with Gasteiger partial charge in [0.05, 0.1) is 0 Å². The molecule has 4 rings (SSSR count). The lowest BCUT2D eigenvalue weighted by molar-refractivity contribution is 0.102. The van der Waals surface area contributed by atoms with Crippen molar-refractivity contribution in [3.8, 4) is 0 Å². The summed E-state index contributed by atoms with van der Waals surface area (Å²) in [7, 11) is 0. The van der Waals surface area contributed by atoms with E-state index in [0.29, 0.717) is 11.6 Å². The first-order chi connectivity index (χ1) is 13.3. The molecule has 1 N–H and O–H groups in total. The van der Waals surface area contributed by atoms with E-state index in [1.165, 1.54) is 24.0 Å². The monoisotopic (exact) mass is 356 g/mol. The molecule has 0 heterocycles. The zero-order valence-electron chi connectivity index (χ0n) is 15.3. The molecule has 3 aromatic rings. The standard InChI is InChI=1S/C24H24N2O/c27-24(25-22-9-5-2-6-10-22)21-13-11-20(12-14-21)18-26(23-15-16-23)17-19-7-3-1-4-8-19/h1-14,23H,15-18H2,(H,25,27). The summed E-state index contributed by atoms with van der Waals surface area (Å²) < 4.78 is 0. The van der Waals surface area contributed by atoms with E-state index in [1.807, 2.05) is 42.5 Å². The zero-order chi connectivity index (χ0) is 18.5. The summed E-state index contributed by atoms with van der Waals surface area (Å²) in [6.07, 6.45) is 2.56. The van der Waals surface area contributed by atoms with E-state index in [1.54, 1.807) is 0 Å². The molecular weight excluding hydrogens is 332 g/mol. The molecule has 0 spiro atoms.